The fourth-order valence-electron chi connectivity index (χ4n) is 1.90. The topological polar surface area (TPSA) is 34.0 Å². The smallest absolute Gasteiger partial charge is 0.147 e. The molecule has 0 aliphatic carbocycles. The van der Waals surface area contributed by atoms with E-state index in [1.807, 2.05) is 17.9 Å². The van der Waals surface area contributed by atoms with Crippen LogP contribution in [0.4, 0.5) is 5.82 Å². The van der Waals surface area contributed by atoms with Crippen molar-refractivity contribution in [2.75, 3.05) is 23.3 Å². The van der Waals surface area contributed by atoms with Gasteiger partial charge in [0.2, 0.25) is 0 Å². The average molecular weight is 259 g/mol. The molecule has 0 N–H and O–H groups in total. The molecule has 0 amide bonds. The minimum Gasteiger partial charge on any atom is -0.355 e. The Morgan fingerprint density at radius 1 is 1.64 bits per heavy atom. The minimum atomic E-state index is 0.393. The molecule has 0 saturated carbocycles. The van der Waals surface area contributed by atoms with E-state index in [2.05, 4.69) is 38.1 Å². The lowest BCUT2D eigenvalue weighted by atomic mass is 9.93. The highest BCUT2D eigenvalue weighted by Crippen LogP contribution is 2.33. The average Bonchev–Trinajstić information content (AvgIpc) is 2.73. The Bertz CT molecular complexity index is 324. The molecule has 2 rings (SSSR count). The number of alkyl halides is 1. The van der Waals surface area contributed by atoms with Crippen LogP contribution in [0.2, 0.25) is 0 Å². The van der Waals surface area contributed by atoms with E-state index in [0.29, 0.717) is 5.41 Å². The number of nitrogens with zero attached hydrogens (tertiary/aromatic N) is 4. The van der Waals surface area contributed by atoms with Crippen LogP contribution in [0.3, 0.4) is 0 Å². The maximum atomic E-state index is 3.95. The quantitative estimate of drug-likeness (QED) is 0.753. The third kappa shape index (κ3) is 1.65. The molecule has 0 aromatic carbocycles. The number of halogens is 1. The minimum absolute atomic E-state index is 0.393. The summed E-state index contributed by atoms with van der Waals surface area (Å²) in [6.45, 7) is 4.49. The van der Waals surface area contributed by atoms with E-state index in [1.54, 1.807) is 0 Å². The van der Waals surface area contributed by atoms with Crippen molar-refractivity contribution < 1.29 is 0 Å². The first-order valence-electron chi connectivity index (χ1n) is 4.80. The van der Waals surface area contributed by atoms with Crippen LogP contribution >= 0.6 is 15.9 Å². The Kier molecular flexibility index (Phi) is 2.51. The number of rotatable bonds is 2. The molecule has 14 heavy (non-hydrogen) atoms. The summed E-state index contributed by atoms with van der Waals surface area (Å²) in [6, 6.07) is 0. The van der Waals surface area contributed by atoms with Gasteiger partial charge >= 0.3 is 0 Å². The van der Waals surface area contributed by atoms with Crippen LogP contribution in [-0.2, 0) is 7.05 Å². The molecule has 1 unspecified atom stereocenters. The van der Waals surface area contributed by atoms with Crippen LogP contribution in [0, 0.1) is 5.41 Å². The summed E-state index contributed by atoms with van der Waals surface area (Å²) in [5, 5.41) is 8.90. The molecule has 4 nitrogen and oxygen atoms in total. The predicted molar refractivity (Wildman–Crippen MR) is 59.7 cm³/mol. The normalized spacial score (nSPS) is 27.2. The lowest BCUT2D eigenvalue weighted by molar-refractivity contribution is 0.432. The van der Waals surface area contributed by atoms with Crippen LogP contribution in [0.5, 0.6) is 0 Å². The third-order valence-electron chi connectivity index (χ3n) is 2.90. The monoisotopic (exact) mass is 258 g/mol. The Morgan fingerprint density at radius 2 is 2.43 bits per heavy atom. The number of aryl methyl sites for hydroxylation is 1. The maximum Gasteiger partial charge on any atom is 0.147 e. The summed E-state index contributed by atoms with van der Waals surface area (Å²) in [4.78, 5) is 2.35. The summed E-state index contributed by atoms with van der Waals surface area (Å²) in [7, 11) is 1.94. The van der Waals surface area contributed by atoms with Gasteiger partial charge < -0.3 is 4.90 Å². The van der Waals surface area contributed by atoms with Crippen molar-refractivity contribution in [3.63, 3.8) is 0 Å². The fourth-order valence-corrected chi connectivity index (χ4v) is 2.36. The molecule has 78 valence electrons. The second-order valence-corrected chi connectivity index (χ2v) is 4.89. The van der Waals surface area contributed by atoms with E-state index in [-0.39, 0.29) is 0 Å². The predicted octanol–water partition coefficient (Wildman–Crippen LogP) is 1.43. The molecular formula is C9H15BrN4. The van der Waals surface area contributed by atoms with E-state index in [4.69, 9.17) is 0 Å². The van der Waals surface area contributed by atoms with Gasteiger partial charge in [0.15, 0.2) is 0 Å². The summed E-state index contributed by atoms with van der Waals surface area (Å²) in [5.74, 6) is 1.12. The molecule has 1 atom stereocenters. The Morgan fingerprint density at radius 3 is 2.93 bits per heavy atom. The highest BCUT2D eigenvalue weighted by atomic mass is 79.9. The second-order valence-electron chi connectivity index (χ2n) is 4.33. The van der Waals surface area contributed by atoms with Crippen molar-refractivity contribution in [2.24, 2.45) is 12.5 Å². The molecule has 2 heterocycles. The van der Waals surface area contributed by atoms with E-state index in [1.165, 1.54) is 6.42 Å². The number of hydrogen-bond donors (Lipinski definition) is 0. The molecule has 0 bridgehead atoms. The van der Waals surface area contributed by atoms with Crippen molar-refractivity contribution in [1.82, 2.24) is 15.0 Å². The standard InChI is InChI=1S/C9H15BrN4/c1-9(6-10)3-4-14(7-9)8-5-11-12-13(8)2/h5H,3-4,6-7H2,1-2H3. The molecule has 0 spiro atoms. The van der Waals surface area contributed by atoms with Gasteiger partial charge in [-0.3, -0.25) is 0 Å². The van der Waals surface area contributed by atoms with Gasteiger partial charge in [-0.15, -0.1) is 5.10 Å². The largest absolute Gasteiger partial charge is 0.355 e. The van der Waals surface area contributed by atoms with Crippen LogP contribution in [0.15, 0.2) is 6.20 Å². The van der Waals surface area contributed by atoms with Crippen molar-refractivity contribution in [3.8, 4) is 0 Å². The first-order valence-corrected chi connectivity index (χ1v) is 5.92. The van der Waals surface area contributed by atoms with Gasteiger partial charge in [0.05, 0.1) is 6.20 Å². The van der Waals surface area contributed by atoms with Crippen LogP contribution < -0.4 is 4.90 Å². The summed E-state index contributed by atoms with van der Waals surface area (Å²) >= 11 is 3.58. The van der Waals surface area contributed by atoms with Gasteiger partial charge in [-0.25, -0.2) is 4.68 Å². The first kappa shape index (κ1) is 9.96. The third-order valence-corrected chi connectivity index (χ3v) is 4.25. The van der Waals surface area contributed by atoms with E-state index >= 15 is 0 Å². The molecule has 1 aromatic rings. The molecule has 1 aromatic heterocycles. The maximum absolute atomic E-state index is 3.95. The van der Waals surface area contributed by atoms with Crippen LogP contribution in [0.1, 0.15) is 13.3 Å². The molecular weight excluding hydrogens is 244 g/mol. The van der Waals surface area contributed by atoms with Gasteiger partial charge in [0, 0.05) is 25.5 Å². The molecule has 5 heteroatoms. The molecule has 1 saturated heterocycles. The van der Waals surface area contributed by atoms with E-state index in [9.17, 15) is 0 Å². The highest BCUT2D eigenvalue weighted by molar-refractivity contribution is 9.09. The van der Waals surface area contributed by atoms with Gasteiger partial charge in [0.25, 0.3) is 0 Å². The SMILES string of the molecule is Cn1nncc1N1CCC(C)(CBr)C1. The summed E-state index contributed by atoms with van der Waals surface area (Å²) in [6.07, 6.45) is 3.06. The number of hydrogen-bond acceptors (Lipinski definition) is 3. The molecule has 1 aliphatic heterocycles. The lowest BCUT2D eigenvalue weighted by Gasteiger charge is -2.22. The van der Waals surface area contributed by atoms with Crippen molar-refractivity contribution in [3.05, 3.63) is 6.20 Å². The van der Waals surface area contributed by atoms with Crippen LogP contribution in [-0.4, -0.2) is 33.4 Å². The second kappa shape index (κ2) is 3.53. The lowest BCUT2D eigenvalue weighted by Crippen LogP contribution is -2.27. The van der Waals surface area contributed by atoms with E-state index in [0.717, 1.165) is 24.2 Å². The van der Waals surface area contributed by atoms with Gasteiger partial charge in [-0.1, -0.05) is 28.1 Å². The first-order chi connectivity index (χ1) is 6.64. The van der Waals surface area contributed by atoms with Gasteiger partial charge in [-0.05, 0) is 11.8 Å². The van der Waals surface area contributed by atoms with Crippen molar-refractivity contribution in [2.45, 2.75) is 13.3 Å². The number of anilines is 1. The Hall–Kier alpha value is -0.580. The molecule has 0 radical (unpaired) electrons. The zero-order valence-electron chi connectivity index (χ0n) is 8.57. The highest BCUT2D eigenvalue weighted by Gasteiger charge is 2.33. The number of aromatic nitrogens is 3. The summed E-state index contributed by atoms with van der Waals surface area (Å²) in [5.41, 5.74) is 0.393. The molecule has 1 aliphatic rings. The Balaban J connectivity index is 2.13. The Labute approximate surface area is 92.4 Å². The molecule has 1 fully saturated rings. The van der Waals surface area contributed by atoms with Gasteiger partial charge in [-0.2, -0.15) is 0 Å². The van der Waals surface area contributed by atoms with Crippen molar-refractivity contribution in [1.29, 1.82) is 0 Å². The zero-order valence-corrected chi connectivity index (χ0v) is 10.2. The summed E-state index contributed by atoms with van der Waals surface area (Å²) < 4.78 is 1.83. The van der Waals surface area contributed by atoms with Crippen LogP contribution in [0.25, 0.3) is 0 Å². The fraction of sp³-hybridized carbons (Fsp3) is 0.778. The zero-order chi connectivity index (χ0) is 10.2. The van der Waals surface area contributed by atoms with E-state index < -0.39 is 0 Å². The van der Waals surface area contributed by atoms with Gasteiger partial charge in [0.1, 0.15) is 5.82 Å². The van der Waals surface area contributed by atoms with Crippen molar-refractivity contribution >= 4 is 21.7 Å².